The molecule has 0 saturated heterocycles. The maximum absolute atomic E-state index is 11.8. The monoisotopic (exact) mass is 340 g/mol. The Labute approximate surface area is 146 Å². The summed E-state index contributed by atoms with van der Waals surface area (Å²) in [7, 11) is 4.69. The minimum atomic E-state index is -1.32. The molecule has 0 aromatic heterocycles. The van der Waals surface area contributed by atoms with Gasteiger partial charge >= 0.3 is 0 Å². The number of amidine groups is 1. The molecular formula is C19H20N2O4. The van der Waals surface area contributed by atoms with Crippen molar-refractivity contribution in [1.82, 2.24) is 4.90 Å². The van der Waals surface area contributed by atoms with Crippen LogP contribution in [0.3, 0.4) is 0 Å². The van der Waals surface area contributed by atoms with Crippen molar-refractivity contribution in [3.63, 3.8) is 0 Å². The Balaban J connectivity index is 1.96. The molecule has 25 heavy (non-hydrogen) atoms. The Morgan fingerprint density at radius 3 is 2.36 bits per heavy atom. The van der Waals surface area contributed by atoms with Crippen LogP contribution in [0.1, 0.15) is 16.7 Å². The van der Waals surface area contributed by atoms with Crippen molar-refractivity contribution in [2.75, 3.05) is 34.4 Å². The molecule has 2 aromatic carbocycles. The molecule has 2 aliphatic rings. The summed E-state index contributed by atoms with van der Waals surface area (Å²) in [6.45, 7) is 1.31. The molecule has 2 aliphatic heterocycles. The van der Waals surface area contributed by atoms with Gasteiger partial charge in [0.1, 0.15) is 5.84 Å². The van der Waals surface area contributed by atoms with Gasteiger partial charge in [0, 0.05) is 23.2 Å². The van der Waals surface area contributed by atoms with Gasteiger partial charge in [-0.2, -0.15) is 0 Å². The minimum Gasteiger partial charge on any atom is -0.493 e. The molecule has 130 valence electrons. The summed E-state index contributed by atoms with van der Waals surface area (Å²) in [6, 6.07) is 11.4. The zero-order valence-electron chi connectivity index (χ0n) is 14.4. The number of aliphatic imine (C=N–C) groups is 1. The van der Waals surface area contributed by atoms with Gasteiger partial charge in [0.15, 0.2) is 17.2 Å². The first kappa shape index (κ1) is 15.8. The van der Waals surface area contributed by atoms with Gasteiger partial charge in [-0.15, -0.1) is 0 Å². The van der Waals surface area contributed by atoms with E-state index in [1.54, 1.807) is 33.5 Å². The van der Waals surface area contributed by atoms with Crippen molar-refractivity contribution < 1.29 is 19.3 Å². The van der Waals surface area contributed by atoms with Crippen LogP contribution in [0.25, 0.3) is 0 Å². The molecule has 1 N–H and O–H groups in total. The Bertz CT molecular complexity index is 839. The standard InChI is InChI=1S/C19H20N2O4/c1-23-15-10-12(11-16(24-2)17(15)25-3)19(22)14-7-5-4-6-13(14)18-20-8-9-21(18)19/h4-7,10-11,22H,8-9H2,1-3H3/t19-/m0/s1. The molecule has 0 radical (unpaired) electrons. The Morgan fingerprint density at radius 1 is 1.04 bits per heavy atom. The van der Waals surface area contributed by atoms with Gasteiger partial charge in [-0.3, -0.25) is 4.99 Å². The predicted molar refractivity (Wildman–Crippen MR) is 93.6 cm³/mol. The van der Waals surface area contributed by atoms with Crippen LogP contribution in [0.4, 0.5) is 0 Å². The molecule has 6 nitrogen and oxygen atoms in total. The van der Waals surface area contributed by atoms with Crippen LogP contribution < -0.4 is 14.2 Å². The van der Waals surface area contributed by atoms with E-state index in [0.717, 1.165) is 17.0 Å². The Kier molecular flexibility index (Phi) is 3.58. The lowest BCUT2D eigenvalue weighted by molar-refractivity contribution is -0.0245. The first-order valence-corrected chi connectivity index (χ1v) is 8.10. The van der Waals surface area contributed by atoms with E-state index in [1.165, 1.54) is 0 Å². The first-order valence-electron chi connectivity index (χ1n) is 8.10. The van der Waals surface area contributed by atoms with Crippen molar-refractivity contribution in [2.45, 2.75) is 5.72 Å². The third kappa shape index (κ3) is 2.04. The molecule has 4 rings (SSSR count). The van der Waals surface area contributed by atoms with E-state index in [1.807, 2.05) is 29.2 Å². The number of hydrogen-bond acceptors (Lipinski definition) is 6. The summed E-state index contributed by atoms with van der Waals surface area (Å²) < 4.78 is 16.3. The Hall–Kier alpha value is -2.73. The lowest BCUT2D eigenvalue weighted by atomic mass is 9.93. The van der Waals surface area contributed by atoms with Crippen LogP contribution in [0, 0.1) is 0 Å². The minimum absolute atomic E-state index is 0.499. The number of ether oxygens (including phenoxy) is 3. The van der Waals surface area contributed by atoms with E-state index >= 15 is 0 Å². The fraction of sp³-hybridized carbons (Fsp3) is 0.316. The van der Waals surface area contributed by atoms with Gasteiger partial charge < -0.3 is 24.2 Å². The van der Waals surface area contributed by atoms with Crippen LogP contribution in [-0.2, 0) is 5.72 Å². The van der Waals surface area contributed by atoms with Crippen LogP contribution >= 0.6 is 0 Å². The van der Waals surface area contributed by atoms with Crippen molar-refractivity contribution >= 4 is 5.84 Å². The van der Waals surface area contributed by atoms with E-state index in [4.69, 9.17) is 14.2 Å². The van der Waals surface area contributed by atoms with Crippen LogP contribution in [0.2, 0.25) is 0 Å². The highest BCUT2D eigenvalue weighted by Crippen LogP contribution is 2.48. The molecule has 2 heterocycles. The summed E-state index contributed by atoms with van der Waals surface area (Å²) in [5, 5.41) is 11.8. The average Bonchev–Trinajstić information content (AvgIpc) is 3.23. The lowest BCUT2D eigenvalue weighted by Crippen LogP contribution is -2.43. The predicted octanol–water partition coefficient (Wildman–Crippen LogP) is 1.98. The lowest BCUT2D eigenvalue weighted by Gasteiger charge is -2.34. The second kappa shape index (κ2) is 5.67. The summed E-state index contributed by atoms with van der Waals surface area (Å²) in [6.07, 6.45) is 0. The zero-order chi connectivity index (χ0) is 17.6. The van der Waals surface area contributed by atoms with Gasteiger partial charge in [-0.1, -0.05) is 24.3 Å². The molecule has 0 amide bonds. The van der Waals surface area contributed by atoms with Gasteiger partial charge in [-0.25, -0.2) is 0 Å². The first-order chi connectivity index (χ1) is 12.1. The smallest absolute Gasteiger partial charge is 0.203 e. The fourth-order valence-electron chi connectivity index (χ4n) is 3.71. The summed E-state index contributed by atoms with van der Waals surface area (Å²) >= 11 is 0. The molecule has 2 aromatic rings. The maximum Gasteiger partial charge on any atom is 0.203 e. The number of fused-ring (bicyclic) bond motifs is 3. The maximum atomic E-state index is 11.8. The second-order valence-corrected chi connectivity index (χ2v) is 5.99. The van der Waals surface area contributed by atoms with Gasteiger partial charge in [0.25, 0.3) is 0 Å². The summed E-state index contributed by atoms with van der Waals surface area (Å²) in [5.41, 5.74) is 1.10. The summed E-state index contributed by atoms with van der Waals surface area (Å²) in [4.78, 5) is 6.50. The van der Waals surface area contributed by atoms with Crippen LogP contribution in [-0.4, -0.2) is 50.3 Å². The third-order valence-corrected chi connectivity index (χ3v) is 4.84. The second-order valence-electron chi connectivity index (χ2n) is 5.99. The Morgan fingerprint density at radius 2 is 1.72 bits per heavy atom. The number of methoxy groups -OCH3 is 3. The molecule has 0 saturated carbocycles. The average molecular weight is 340 g/mol. The normalized spacial score (nSPS) is 20.8. The van der Waals surface area contributed by atoms with Crippen molar-refractivity contribution in [1.29, 1.82) is 0 Å². The third-order valence-electron chi connectivity index (χ3n) is 4.84. The molecule has 0 bridgehead atoms. The van der Waals surface area contributed by atoms with E-state index < -0.39 is 5.72 Å². The van der Waals surface area contributed by atoms with E-state index in [2.05, 4.69) is 4.99 Å². The molecule has 0 unspecified atom stereocenters. The SMILES string of the molecule is COc1cc([C@]2(O)c3ccccc3C3=NCCN32)cc(OC)c1OC. The van der Waals surface area contributed by atoms with Gasteiger partial charge in [0.05, 0.1) is 27.9 Å². The molecular weight excluding hydrogens is 320 g/mol. The van der Waals surface area contributed by atoms with Crippen LogP contribution in [0.5, 0.6) is 17.2 Å². The molecule has 6 heteroatoms. The number of hydrogen-bond donors (Lipinski definition) is 1. The van der Waals surface area contributed by atoms with Crippen molar-refractivity contribution in [3.05, 3.63) is 53.1 Å². The highest BCUT2D eigenvalue weighted by molar-refractivity contribution is 6.05. The van der Waals surface area contributed by atoms with E-state index in [9.17, 15) is 5.11 Å². The van der Waals surface area contributed by atoms with Crippen LogP contribution in [0.15, 0.2) is 41.4 Å². The highest BCUT2D eigenvalue weighted by Gasteiger charge is 2.50. The largest absolute Gasteiger partial charge is 0.493 e. The topological polar surface area (TPSA) is 63.5 Å². The van der Waals surface area contributed by atoms with Gasteiger partial charge in [-0.05, 0) is 12.1 Å². The highest BCUT2D eigenvalue weighted by atomic mass is 16.5. The summed E-state index contributed by atoms with van der Waals surface area (Å²) in [5.74, 6) is 2.34. The number of rotatable bonds is 4. The molecule has 0 spiro atoms. The zero-order valence-corrected chi connectivity index (χ0v) is 14.4. The van der Waals surface area contributed by atoms with Crippen molar-refractivity contribution in [3.8, 4) is 17.2 Å². The molecule has 0 aliphatic carbocycles. The number of nitrogens with zero attached hydrogens (tertiary/aromatic N) is 2. The van der Waals surface area contributed by atoms with Crippen molar-refractivity contribution in [2.24, 2.45) is 4.99 Å². The fourth-order valence-corrected chi connectivity index (χ4v) is 3.71. The molecule has 1 atom stereocenters. The van der Waals surface area contributed by atoms with Gasteiger partial charge in [0.2, 0.25) is 5.75 Å². The molecule has 0 fully saturated rings. The van der Waals surface area contributed by atoms with E-state index in [0.29, 0.717) is 35.9 Å². The number of benzene rings is 2. The van der Waals surface area contributed by atoms with E-state index in [-0.39, 0.29) is 0 Å². The number of aliphatic hydroxyl groups is 1. The quantitative estimate of drug-likeness (QED) is 0.922.